The Hall–Kier alpha value is -0.830. The van der Waals surface area contributed by atoms with Gasteiger partial charge in [-0.3, -0.25) is 0 Å². The summed E-state index contributed by atoms with van der Waals surface area (Å²) in [6.07, 6.45) is 8.94. The van der Waals surface area contributed by atoms with E-state index in [1.54, 1.807) is 0 Å². The van der Waals surface area contributed by atoms with Crippen molar-refractivity contribution in [3.8, 4) is 0 Å². The van der Waals surface area contributed by atoms with Gasteiger partial charge in [-0.15, -0.1) is 0 Å². The number of nitrogens with one attached hydrogen (secondary N) is 2. The lowest BCUT2D eigenvalue weighted by Crippen LogP contribution is -2.31. The lowest BCUT2D eigenvalue weighted by atomic mass is 10.1. The monoisotopic (exact) mass is 193 g/mol. The molecule has 0 saturated heterocycles. The molecule has 2 N–H and O–H groups in total. The van der Waals surface area contributed by atoms with Crippen LogP contribution in [0.15, 0.2) is 12.4 Å². The third-order valence-electron chi connectivity index (χ3n) is 2.80. The molecule has 0 amide bonds. The molecule has 2 rings (SSSR count). The number of aromatic nitrogens is 2. The highest BCUT2D eigenvalue weighted by Crippen LogP contribution is 2.33. The molecule has 1 heterocycles. The molecule has 0 aliphatic heterocycles. The molecular formula is C11H19N3. The van der Waals surface area contributed by atoms with Crippen LogP contribution < -0.4 is 5.32 Å². The minimum Gasteiger partial charge on any atom is -0.349 e. The van der Waals surface area contributed by atoms with Gasteiger partial charge in [-0.1, -0.05) is 19.8 Å². The largest absolute Gasteiger partial charge is 0.349 e. The Morgan fingerprint density at radius 1 is 1.64 bits per heavy atom. The summed E-state index contributed by atoms with van der Waals surface area (Å²) in [6.45, 7) is 3.22. The molecule has 14 heavy (non-hydrogen) atoms. The first-order valence-electron chi connectivity index (χ1n) is 5.60. The second-order valence-electron chi connectivity index (χ2n) is 4.17. The van der Waals surface area contributed by atoms with Crippen molar-refractivity contribution in [2.45, 2.75) is 38.6 Å². The average Bonchev–Trinajstić information content (AvgIpc) is 2.81. The van der Waals surface area contributed by atoms with Gasteiger partial charge >= 0.3 is 0 Å². The van der Waals surface area contributed by atoms with Gasteiger partial charge in [0.1, 0.15) is 5.82 Å². The first-order valence-corrected chi connectivity index (χ1v) is 5.60. The lowest BCUT2D eigenvalue weighted by molar-refractivity contribution is 0.459. The summed E-state index contributed by atoms with van der Waals surface area (Å²) >= 11 is 0. The number of aromatic amines is 1. The van der Waals surface area contributed by atoms with Crippen molar-refractivity contribution in [1.29, 1.82) is 0 Å². The van der Waals surface area contributed by atoms with Gasteiger partial charge in [0.05, 0.1) is 0 Å². The molecule has 0 bridgehead atoms. The van der Waals surface area contributed by atoms with Crippen molar-refractivity contribution in [2.24, 2.45) is 5.92 Å². The van der Waals surface area contributed by atoms with Crippen molar-refractivity contribution in [1.82, 2.24) is 15.3 Å². The second kappa shape index (κ2) is 4.60. The number of imidazole rings is 1. The van der Waals surface area contributed by atoms with Gasteiger partial charge in [0.15, 0.2) is 0 Å². The van der Waals surface area contributed by atoms with E-state index < -0.39 is 0 Å². The van der Waals surface area contributed by atoms with E-state index >= 15 is 0 Å². The SMILES string of the molecule is CCNC(Cc1ncc[nH]1)CC1CC1. The van der Waals surface area contributed by atoms with Crippen LogP contribution in [0, 0.1) is 5.92 Å². The van der Waals surface area contributed by atoms with E-state index in [9.17, 15) is 0 Å². The lowest BCUT2D eigenvalue weighted by Gasteiger charge is -2.15. The second-order valence-corrected chi connectivity index (χ2v) is 4.17. The molecule has 0 aromatic carbocycles. The summed E-state index contributed by atoms with van der Waals surface area (Å²) in [5.74, 6) is 2.09. The Balaban J connectivity index is 1.82. The van der Waals surface area contributed by atoms with Crippen molar-refractivity contribution in [2.75, 3.05) is 6.54 Å². The molecule has 3 nitrogen and oxygen atoms in total. The van der Waals surface area contributed by atoms with Crippen molar-refractivity contribution in [3.05, 3.63) is 18.2 Å². The first-order chi connectivity index (χ1) is 6.88. The minimum absolute atomic E-state index is 0.610. The van der Waals surface area contributed by atoms with Crippen LogP contribution in [0.3, 0.4) is 0 Å². The molecule has 3 heteroatoms. The fourth-order valence-electron chi connectivity index (χ4n) is 1.93. The van der Waals surface area contributed by atoms with Gasteiger partial charge in [0, 0.05) is 24.9 Å². The van der Waals surface area contributed by atoms with Crippen LogP contribution in [-0.2, 0) is 6.42 Å². The Bertz CT molecular complexity index is 252. The fourth-order valence-corrected chi connectivity index (χ4v) is 1.93. The van der Waals surface area contributed by atoms with Crippen LogP contribution in [0.1, 0.15) is 32.0 Å². The predicted molar refractivity (Wildman–Crippen MR) is 57.1 cm³/mol. The summed E-state index contributed by atoms with van der Waals surface area (Å²) in [5, 5.41) is 3.53. The molecule has 1 aliphatic rings. The number of H-pyrrole nitrogens is 1. The molecule has 1 saturated carbocycles. The van der Waals surface area contributed by atoms with Crippen molar-refractivity contribution in [3.63, 3.8) is 0 Å². The van der Waals surface area contributed by atoms with Crippen LogP contribution in [0.5, 0.6) is 0 Å². The minimum atomic E-state index is 0.610. The maximum Gasteiger partial charge on any atom is 0.107 e. The van der Waals surface area contributed by atoms with E-state index in [0.717, 1.165) is 24.7 Å². The Labute approximate surface area is 85.3 Å². The Morgan fingerprint density at radius 3 is 3.07 bits per heavy atom. The molecule has 1 atom stereocenters. The van der Waals surface area contributed by atoms with Crippen molar-refractivity contribution >= 4 is 0 Å². The molecular weight excluding hydrogens is 174 g/mol. The molecule has 1 unspecified atom stereocenters. The van der Waals surface area contributed by atoms with Crippen LogP contribution in [-0.4, -0.2) is 22.6 Å². The number of likely N-dealkylation sites (N-methyl/N-ethyl adjacent to an activating group) is 1. The standard InChI is InChI=1S/C11H19N3/c1-2-12-10(7-9-3-4-9)8-11-13-5-6-14-11/h5-6,9-10,12H,2-4,7-8H2,1H3,(H,13,14). The number of hydrogen-bond acceptors (Lipinski definition) is 2. The number of nitrogens with zero attached hydrogens (tertiary/aromatic N) is 1. The van der Waals surface area contributed by atoms with E-state index in [2.05, 4.69) is 22.2 Å². The average molecular weight is 193 g/mol. The maximum absolute atomic E-state index is 4.27. The van der Waals surface area contributed by atoms with Gasteiger partial charge in [-0.05, 0) is 18.9 Å². The van der Waals surface area contributed by atoms with E-state index in [0.29, 0.717) is 6.04 Å². The van der Waals surface area contributed by atoms with E-state index in [4.69, 9.17) is 0 Å². The van der Waals surface area contributed by atoms with Crippen LogP contribution >= 0.6 is 0 Å². The maximum atomic E-state index is 4.27. The van der Waals surface area contributed by atoms with Crippen LogP contribution in [0.4, 0.5) is 0 Å². The third kappa shape index (κ3) is 2.84. The van der Waals surface area contributed by atoms with E-state index in [-0.39, 0.29) is 0 Å². The van der Waals surface area contributed by atoms with Gasteiger partial charge in [0.25, 0.3) is 0 Å². The van der Waals surface area contributed by atoms with Gasteiger partial charge < -0.3 is 10.3 Å². The normalized spacial score (nSPS) is 18.4. The summed E-state index contributed by atoms with van der Waals surface area (Å²) < 4.78 is 0. The van der Waals surface area contributed by atoms with Gasteiger partial charge in [-0.25, -0.2) is 4.98 Å². The summed E-state index contributed by atoms with van der Waals surface area (Å²) in [4.78, 5) is 7.44. The Morgan fingerprint density at radius 2 is 2.50 bits per heavy atom. The zero-order valence-corrected chi connectivity index (χ0v) is 8.79. The highest BCUT2D eigenvalue weighted by atomic mass is 14.9. The third-order valence-corrected chi connectivity index (χ3v) is 2.80. The zero-order chi connectivity index (χ0) is 9.80. The van der Waals surface area contributed by atoms with Gasteiger partial charge in [0.2, 0.25) is 0 Å². The summed E-state index contributed by atoms with van der Waals surface area (Å²) in [6, 6.07) is 0.610. The summed E-state index contributed by atoms with van der Waals surface area (Å²) in [5.41, 5.74) is 0. The number of rotatable bonds is 6. The molecule has 78 valence electrons. The zero-order valence-electron chi connectivity index (χ0n) is 8.79. The van der Waals surface area contributed by atoms with Crippen LogP contribution in [0.2, 0.25) is 0 Å². The smallest absolute Gasteiger partial charge is 0.107 e. The quantitative estimate of drug-likeness (QED) is 0.722. The van der Waals surface area contributed by atoms with E-state index in [1.807, 2.05) is 12.4 Å². The molecule has 0 radical (unpaired) electrons. The highest BCUT2D eigenvalue weighted by Gasteiger charge is 2.25. The predicted octanol–water partition coefficient (Wildman–Crippen LogP) is 1.73. The van der Waals surface area contributed by atoms with E-state index in [1.165, 1.54) is 19.3 Å². The molecule has 1 aromatic heterocycles. The number of hydrogen-bond donors (Lipinski definition) is 2. The van der Waals surface area contributed by atoms with Gasteiger partial charge in [-0.2, -0.15) is 0 Å². The molecule has 1 aromatic rings. The molecule has 1 aliphatic carbocycles. The Kier molecular flexibility index (Phi) is 3.19. The first kappa shape index (κ1) is 9.71. The van der Waals surface area contributed by atoms with Crippen molar-refractivity contribution < 1.29 is 0 Å². The molecule has 0 spiro atoms. The molecule has 1 fully saturated rings. The topological polar surface area (TPSA) is 40.7 Å². The summed E-state index contributed by atoms with van der Waals surface area (Å²) in [7, 11) is 0. The van der Waals surface area contributed by atoms with Crippen LogP contribution in [0.25, 0.3) is 0 Å². The fraction of sp³-hybridized carbons (Fsp3) is 0.727. The highest BCUT2D eigenvalue weighted by molar-refractivity contribution is 4.92.